The van der Waals surface area contributed by atoms with E-state index in [4.69, 9.17) is 4.74 Å². The SMILES string of the molecule is COC(=O)[C@H]1CCCCN1C(=O)Cn1ccnn1. The average molecular weight is 252 g/mol. The Balaban J connectivity index is 2.04. The van der Waals surface area contributed by atoms with E-state index in [-0.39, 0.29) is 18.4 Å². The average Bonchev–Trinajstić information content (AvgIpc) is 2.90. The molecule has 1 amide bonds. The predicted octanol–water partition coefficient (Wildman–Crippen LogP) is -0.168. The maximum absolute atomic E-state index is 12.1. The Morgan fingerprint density at radius 2 is 2.28 bits per heavy atom. The first kappa shape index (κ1) is 12.5. The van der Waals surface area contributed by atoms with Crippen LogP contribution in [0.1, 0.15) is 19.3 Å². The normalized spacial score (nSPS) is 19.6. The van der Waals surface area contributed by atoms with Gasteiger partial charge in [-0.15, -0.1) is 5.10 Å². The predicted molar refractivity (Wildman–Crippen MR) is 61.4 cm³/mol. The summed E-state index contributed by atoms with van der Waals surface area (Å²) in [6, 6.07) is -0.459. The molecule has 0 aliphatic carbocycles. The van der Waals surface area contributed by atoms with Gasteiger partial charge in [0.15, 0.2) is 0 Å². The van der Waals surface area contributed by atoms with E-state index >= 15 is 0 Å². The minimum Gasteiger partial charge on any atom is -0.467 e. The standard InChI is InChI=1S/C11H16N4O3/c1-18-11(17)9-4-2-3-6-15(9)10(16)8-14-7-5-12-13-14/h5,7,9H,2-4,6,8H2,1H3/t9-/m1/s1. The topological polar surface area (TPSA) is 77.3 Å². The van der Waals surface area contributed by atoms with E-state index < -0.39 is 6.04 Å². The third-order valence-electron chi connectivity index (χ3n) is 3.07. The third kappa shape index (κ3) is 2.66. The number of rotatable bonds is 3. The Bertz CT molecular complexity index is 418. The van der Waals surface area contributed by atoms with Crippen LogP contribution in [0.3, 0.4) is 0 Å². The Morgan fingerprint density at radius 1 is 1.44 bits per heavy atom. The lowest BCUT2D eigenvalue weighted by Gasteiger charge is -2.33. The zero-order chi connectivity index (χ0) is 13.0. The molecule has 0 saturated carbocycles. The van der Waals surface area contributed by atoms with Gasteiger partial charge in [-0.3, -0.25) is 4.79 Å². The summed E-state index contributed by atoms with van der Waals surface area (Å²) >= 11 is 0. The molecule has 18 heavy (non-hydrogen) atoms. The van der Waals surface area contributed by atoms with Crippen molar-refractivity contribution in [1.82, 2.24) is 19.9 Å². The molecule has 0 radical (unpaired) electrons. The second kappa shape index (κ2) is 5.61. The number of hydrogen-bond donors (Lipinski definition) is 0. The van der Waals surface area contributed by atoms with E-state index in [0.29, 0.717) is 13.0 Å². The van der Waals surface area contributed by atoms with Crippen LogP contribution in [0.4, 0.5) is 0 Å². The molecule has 1 aliphatic rings. The van der Waals surface area contributed by atoms with E-state index in [0.717, 1.165) is 12.8 Å². The summed E-state index contributed by atoms with van der Waals surface area (Å²) in [6.45, 7) is 0.695. The second-order valence-electron chi connectivity index (χ2n) is 4.22. The number of likely N-dealkylation sites (tertiary alicyclic amines) is 1. The van der Waals surface area contributed by atoms with Crippen molar-refractivity contribution in [2.24, 2.45) is 0 Å². The number of carbonyl (C=O) groups excluding carboxylic acids is 2. The zero-order valence-electron chi connectivity index (χ0n) is 10.3. The number of aromatic nitrogens is 3. The van der Waals surface area contributed by atoms with Gasteiger partial charge in [0.05, 0.1) is 13.3 Å². The van der Waals surface area contributed by atoms with E-state index in [1.165, 1.54) is 18.0 Å². The fourth-order valence-corrected chi connectivity index (χ4v) is 2.16. The number of methoxy groups -OCH3 is 1. The summed E-state index contributed by atoms with van der Waals surface area (Å²) in [7, 11) is 1.34. The highest BCUT2D eigenvalue weighted by Crippen LogP contribution is 2.18. The molecule has 1 aromatic rings. The highest BCUT2D eigenvalue weighted by molar-refractivity contribution is 5.84. The van der Waals surface area contributed by atoms with Crippen molar-refractivity contribution in [3.8, 4) is 0 Å². The number of carbonyl (C=O) groups is 2. The first-order valence-corrected chi connectivity index (χ1v) is 5.94. The van der Waals surface area contributed by atoms with E-state index in [1.807, 2.05) is 0 Å². The fourth-order valence-electron chi connectivity index (χ4n) is 2.16. The van der Waals surface area contributed by atoms with Gasteiger partial charge in [0, 0.05) is 12.7 Å². The Labute approximate surface area is 105 Å². The molecule has 2 heterocycles. The van der Waals surface area contributed by atoms with Gasteiger partial charge in [0.2, 0.25) is 5.91 Å². The zero-order valence-corrected chi connectivity index (χ0v) is 10.3. The van der Waals surface area contributed by atoms with Crippen LogP contribution in [-0.4, -0.2) is 51.5 Å². The van der Waals surface area contributed by atoms with Gasteiger partial charge in [-0.2, -0.15) is 0 Å². The number of nitrogens with zero attached hydrogens (tertiary/aromatic N) is 4. The molecule has 1 saturated heterocycles. The van der Waals surface area contributed by atoms with Gasteiger partial charge < -0.3 is 9.64 Å². The smallest absolute Gasteiger partial charge is 0.328 e. The molecular weight excluding hydrogens is 236 g/mol. The van der Waals surface area contributed by atoms with Crippen LogP contribution in [0.15, 0.2) is 12.4 Å². The second-order valence-corrected chi connectivity index (χ2v) is 4.22. The lowest BCUT2D eigenvalue weighted by Crippen LogP contribution is -2.49. The molecule has 1 aromatic heterocycles. The number of ether oxygens (including phenoxy) is 1. The molecule has 0 N–H and O–H groups in total. The Morgan fingerprint density at radius 3 is 2.94 bits per heavy atom. The lowest BCUT2D eigenvalue weighted by molar-refractivity contribution is -0.155. The van der Waals surface area contributed by atoms with E-state index in [2.05, 4.69) is 10.3 Å². The van der Waals surface area contributed by atoms with E-state index in [1.54, 1.807) is 11.1 Å². The summed E-state index contributed by atoms with van der Waals surface area (Å²) in [5.74, 6) is -0.475. The molecule has 0 aromatic carbocycles. The van der Waals surface area contributed by atoms with Crippen LogP contribution in [0.25, 0.3) is 0 Å². The van der Waals surface area contributed by atoms with Crippen molar-refractivity contribution in [3.05, 3.63) is 12.4 Å². The molecule has 1 fully saturated rings. The van der Waals surface area contributed by atoms with Crippen molar-refractivity contribution in [2.75, 3.05) is 13.7 Å². The number of esters is 1. The largest absolute Gasteiger partial charge is 0.467 e. The van der Waals surface area contributed by atoms with Crippen molar-refractivity contribution in [1.29, 1.82) is 0 Å². The minimum absolute atomic E-state index is 0.105. The number of piperidine rings is 1. The highest BCUT2D eigenvalue weighted by atomic mass is 16.5. The maximum Gasteiger partial charge on any atom is 0.328 e. The van der Waals surface area contributed by atoms with Crippen LogP contribution < -0.4 is 0 Å². The van der Waals surface area contributed by atoms with Crippen LogP contribution in [0, 0.1) is 0 Å². The molecule has 0 spiro atoms. The van der Waals surface area contributed by atoms with Crippen LogP contribution in [-0.2, 0) is 20.9 Å². The molecule has 0 unspecified atom stereocenters. The first-order valence-electron chi connectivity index (χ1n) is 5.94. The van der Waals surface area contributed by atoms with Crippen LogP contribution in [0.2, 0.25) is 0 Å². The third-order valence-corrected chi connectivity index (χ3v) is 3.07. The van der Waals surface area contributed by atoms with Gasteiger partial charge in [-0.05, 0) is 19.3 Å². The van der Waals surface area contributed by atoms with E-state index in [9.17, 15) is 9.59 Å². The molecule has 7 nitrogen and oxygen atoms in total. The van der Waals surface area contributed by atoms with Crippen LogP contribution >= 0.6 is 0 Å². The van der Waals surface area contributed by atoms with Gasteiger partial charge in [0.25, 0.3) is 0 Å². The van der Waals surface area contributed by atoms with Crippen molar-refractivity contribution in [2.45, 2.75) is 31.8 Å². The monoisotopic (exact) mass is 252 g/mol. The first-order chi connectivity index (χ1) is 8.72. The number of amides is 1. The summed E-state index contributed by atoms with van der Waals surface area (Å²) in [5.41, 5.74) is 0. The van der Waals surface area contributed by atoms with Crippen molar-refractivity contribution in [3.63, 3.8) is 0 Å². The fraction of sp³-hybridized carbons (Fsp3) is 0.636. The Hall–Kier alpha value is -1.92. The molecular formula is C11H16N4O3. The molecule has 0 bridgehead atoms. The molecule has 1 atom stereocenters. The number of hydrogen-bond acceptors (Lipinski definition) is 5. The van der Waals surface area contributed by atoms with Crippen molar-refractivity contribution >= 4 is 11.9 Å². The minimum atomic E-state index is -0.459. The molecule has 98 valence electrons. The van der Waals surface area contributed by atoms with Gasteiger partial charge >= 0.3 is 5.97 Å². The molecule has 7 heteroatoms. The van der Waals surface area contributed by atoms with Gasteiger partial charge in [0.1, 0.15) is 12.6 Å². The quantitative estimate of drug-likeness (QED) is 0.698. The highest BCUT2D eigenvalue weighted by Gasteiger charge is 2.32. The van der Waals surface area contributed by atoms with Crippen molar-refractivity contribution < 1.29 is 14.3 Å². The van der Waals surface area contributed by atoms with Crippen LogP contribution in [0.5, 0.6) is 0 Å². The summed E-state index contributed by atoms with van der Waals surface area (Å²) in [6.07, 6.45) is 5.65. The lowest BCUT2D eigenvalue weighted by atomic mass is 10.0. The molecule has 1 aliphatic heterocycles. The molecule has 2 rings (SSSR count). The Kier molecular flexibility index (Phi) is 3.91. The maximum atomic E-state index is 12.1. The summed E-state index contributed by atoms with van der Waals surface area (Å²) in [4.78, 5) is 25.3. The summed E-state index contributed by atoms with van der Waals surface area (Å²) in [5, 5.41) is 7.39. The van der Waals surface area contributed by atoms with Gasteiger partial charge in [-0.1, -0.05) is 5.21 Å². The van der Waals surface area contributed by atoms with Gasteiger partial charge in [-0.25, -0.2) is 9.48 Å². The summed E-state index contributed by atoms with van der Waals surface area (Å²) < 4.78 is 6.19.